The fraction of sp³-hybridized carbons (Fsp3) is 0.750. The van der Waals surface area contributed by atoms with E-state index in [-0.39, 0.29) is 30.1 Å². The number of hydrogen-bond acceptors (Lipinski definition) is 3. The lowest BCUT2D eigenvalue weighted by Gasteiger charge is -2.41. The Morgan fingerprint density at radius 1 is 1.53 bits per heavy atom. The zero-order valence-electron chi connectivity index (χ0n) is 8.85. The number of Topliss-reactive ketones (excluding diaryl/α,β-unsaturated/α-hetero) is 1. The van der Waals surface area contributed by atoms with Crippen molar-refractivity contribution in [2.45, 2.75) is 31.3 Å². The third-order valence-corrected chi connectivity index (χ3v) is 4.23. The number of carbonyl (C=O) groups excluding carboxylic acids is 1. The van der Waals surface area contributed by atoms with Gasteiger partial charge in [-0.15, -0.1) is 6.58 Å². The van der Waals surface area contributed by atoms with Crippen LogP contribution in [0.5, 0.6) is 0 Å². The molecule has 84 valence electrons. The summed E-state index contributed by atoms with van der Waals surface area (Å²) in [6.45, 7) is 3.61. The van der Waals surface area contributed by atoms with Crippen LogP contribution in [-0.2, 0) is 4.79 Å². The second-order valence-corrected chi connectivity index (χ2v) is 4.77. The predicted octanol–water partition coefficient (Wildman–Crippen LogP) is 0.901. The van der Waals surface area contributed by atoms with Gasteiger partial charge in [-0.25, -0.2) is 0 Å². The lowest BCUT2D eigenvalue weighted by molar-refractivity contribution is -0.142. The van der Waals surface area contributed by atoms with Gasteiger partial charge in [-0.2, -0.15) is 0 Å². The van der Waals surface area contributed by atoms with Crippen molar-refractivity contribution in [1.82, 2.24) is 0 Å². The maximum absolute atomic E-state index is 11.6. The fourth-order valence-electron chi connectivity index (χ4n) is 3.34. The Hall–Kier alpha value is -0.670. The molecule has 2 aliphatic rings. The van der Waals surface area contributed by atoms with Gasteiger partial charge < -0.3 is 10.2 Å². The van der Waals surface area contributed by atoms with Crippen molar-refractivity contribution in [3.8, 4) is 0 Å². The smallest absolute Gasteiger partial charge is 0.138 e. The van der Waals surface area contributed by atoms with Gasteiger partial charge in [0.15, 0.2) is 0 Å². The van der Waals surface area contributed by atoms with E-state index < -0.39 is 5.60 Å². The molecular weight excluding hydrogens is 192 g/mol. The lowest BCUT2D eigenvalue weighted by Crippen LogP contribution is -2.49. The van der Waals surface area contributed by atoms with Gasteiger partial charge in [0.05, 0.1) is 12.2 Å². The maximum Gasteiger partial charge on any atom is 0.138 e. The molecule has 2 saturated carbocycles. The molecule has 3 nitrogen and oxygen atoms in total. The molecule has 0 saturated heterocycles. The predicted molar refractivity (Wildman–Crippen MR) is 56.2 cm³/mol. The molecule has 0 aromatic heterocycles. The van der Waals surface area contributed by atoms with Gasteiger partial charge >= 0.3 is 0 Å². The number of aliphatic hydroxyl groups is 2. The minimum atomic E-state index is -0.789. The summed E-state index contributed by atoms with van der Waals surface area (Å²) in [6.07, 6.45) is 4.43. The van der Waals surface area contributed by atoms with Gasteiger partial charge in [-0.05, 0) is 19.3 Å². The Kier molecular flexibility index (Phi) is 2.69. The summed E-state index contributed by atoms with van der Waals surface area (Å²) >= 11 is 0. The fourth-order valence-corrected chi connectivity index (χ4v) is 3.34. The van der Waals surface area contributed by atoms with Gasteiger partial charge in [0.25, 0.3) is 0 Å². The normalized spacial score (nSPS) is 45.2. The summed E-state index contributed by atoms with van der Waals surface area (Å²) in [6, 6.07) is 0. The maximum atomic E-state index is 11.6. The first-order valence-electron chi connectivity index (χ1n) is 5.62. The summed E-state index contributed by atoms with van der Waals surface area (Å²) < 4.78 is 0. The minimum Gasteiger partial charge on any atom is -0.396 e. The Morgan fingerprint density at radius 2 is 2.27 bits per heavy atom. The monoisotopic (exact) mass is 210 g/mol. The molecule has 15 heavy (non-hydrogen) atoms. The quantitative estimate of drug-likeness (QED) is 0.666. The van der Waals surface area contributed by atoms with Gasteiger partial charge in [-0.3, -0.25) is 4.79 Å². The van der Waals surface area contributed by atoms with Crippen molar-refractivity contribution >= 4 is 5.78 Å². The third-order valence-electron chi connectivity index (χ3n) is 4.23. The summed E-state index contributed by atoms with van der Waals surface area (Å²) in [7, 11) is 0. The van der Waals surface area contributed by atoms with E-state index in [2.05, 4.69) is 6.58 Å². The number of carbonyl (C=O) groups is 1. The SMILES string of the molecule is C=C[C@H]1CC[C@@H]2[C@H](CO)C(=O)CC[C@@]21O. The van der Waals surface area contributed by atoms with Gasteiger partial charge in [0, 0.05) is 24.2 Å². The molecule has 0 aromatic rings. The summed E-state index contributed by atoms with van der Waals surface area (Å²) in [5.74, 6) is -0.220. The molecule has 2 aliphatic carbocycles. The number of fused-ring (bicyclic) bond motifs is 1. The number of hydrogen-bond donors (Lipinski definition) is 2. The number of aliphatic hydroxyl groups excluding tert-OH is 1. The molecule has 0 amide bonds. The van der Waals surface area contributed by atoms with Crippen LogP contribution in [0, 0.1) is 17.8 Å². The van der Waals surface area contributed by atoms with Crippen LogP contribution in [0.25, 0.3) is 0 Å². The highest BCUT2D eigenvalue weighted by atomic mass is 16.3. The standard InChI is InChI=1S/C12H18O3/c1-2-8-3-4-10-9(7-13)11(14)5-6-12(8,10)15/h2,8-10,13,15H,1,3-7H2/t8-,9-,10+,12-/m0/s1. The van der Waals surface area contributed by atoms with E-state index in [1.165, 1.54) is 0 Å². The molecule has 3 heteroatoms. The van der Waals surface area contributed by atoms with Crippen molar-refractivity contribution < 1.29 is 15.0 Å². The van der Waals surface area contributed by atoms with Crippen LogP contribution in [0.4, 0.5) is 0 Å². The van der Waals surface area contributed by atoms with Crippen molar-refractivity contribution in [3.05, 3.63) is 12.7 Å². The molecule has 0 bridgehead atoms. The second-order valence-electron chi connectivity index (χ2n) is 4.77. The molecule has 0 aromatic carbocycles. The molecule has 0 spiro atoms. The van der Waals surface area contributed by atoms with Crippen molar-refractivity contribution in [3.63, 3.8) is 0 Å². The van der Waals surface area contributed by atoms with Crippen LogP contribution in [-0.4, -0.2) is 28.2 Å². The molecule has 2 N–H and O–H groups in total. The highest BCUT2D eigenvalue weighted by Crippen LogP contribution is 2.50. The summed E-state index contributed by atoms with van der Waals surface area (Å²) in [5, 5.41) is 19.8. The molecule has 0 radical (unpaired) electrons. The first-order valence-corrected chi connectivity index (χ1v) is 5.62. The Morgan fingerprint density at radius 3 is 2.87 bits per heavy atom. The largest absolute Gasteiger partial charge is 0.396 e. The first-order chi connectivity index (χ1) is 7.13. The molecule has 0 aliphatic heterocycles. The van der Waals surface area contributed by atoms with E-state index in [4.69, 9.17) is 0 Å². The van der Waals surface area contributed by atoms with Gasteiger partial charge in [-0.1, -0.05) is 6.08 Å². The van der Waals surface area contributed by atoms with Crippen molar-refractivity contribution in [1.29, 1.82) is 0 Å². The number of ketones is 1. The topological polar surface area (TPSA) is 57.5 Å². The van der Waals surface area contributed by atoms with E-state index >= 15 is 0 Å². The minimum absolute atomic E-state index is 0.0632. The zero-order chi connectivity index (χ0) is 11.1. The van der Waals surface area contributed by atoms with E-state index in [1.54, 1.807) is 6.08 Å². The van der Waals surface area contributed by atoms with Crippen LogP contribution in [0.3, 0.4) is 0 Å². The third kappa shape index (κ3) is 1.45. The zero-order valence-corrected chi connectivity index (χ0v) is 8.85. The van der Waals surface area contributed by atoms with E-state index in [0.717, 1.165) is 12.8 Å². The molecular formula is C12H18O3. The Bertz CT molecular complexity index is 287. The van der Waals surface area contributed by atoms with Crippen LogP contribution in [0.1, 0.15) is 25.7 Å². The highest BCUT2D eigenvalue weighted by molar-refractivity contribution is 5.82. The van der Waals surface area contributed by atoms with Crippen molar-refractivity contribution in [2.24, 2.45) is 17.8 Å². The average Bonchev–Trinajstić information content (AvgIpc) is 2.56. The Balaban J connectivity index is 2.27. The second kappa shape index (κ2) is 3.72. The van der Waals surface area contributed by atoms with Crippen LogP contribution >= 0.6 is 0 Å². The first kappa shape index (κ1) is 10.8. The highest BCUT2D eigenvalue weighted by Gasteiger charge is 2.54. The summed E-state index contributed by atoms with van der Waals surface area (Å²) in [4.78, 5) is 11.6. The number of rotatable bonds is 2. The summed E-state index contributed by atoms with van der Waals surface area (Å²) in [5.41, 5.74) is -0.789. The van der Waals surface area contributed by atoms with Crippen LogP contribution in [0.2, 0.25) is 0 Å². The lowest BCUT2D eigenvalue weighted by atomic mass is 9.68. The van der Waals surface area contributed by atoms with E-state index in [1.807, 2.05) is 0 Å². The average molecular weight is 210 g/mol. The van der Waals surface area contributed by atoms with Gasteiger partial charge in [0.1, 0.15) is 5.78 Å². The Labute approximate surface area is 89.8 Å². The molecule has 4 atom stereocenters. The molecule has 2 rings (SSSR count). The van der Waals surface area contributed by atoms with Crippen molar-refractivity contribution in [2.75, 3.05) is 6.61 Å². The van der Waals surface area contributed by atoms with Crippen LogP contribution < -0.4 is 0 Å². The van der Waals surface area contributed by atoms with Gasteiger partial charge in [0.2, 0.25) is 0 Å². The molecule has 0 unspecified atom stereocenters. The van der Waals surface area contributed by atoms with E-state index in [0.29, 0.717) is 12.8 Å². The van der Waals surface area contributed by atoms with E-state index in [9.17, 15) is 15.0 Å². The molecule has 0 heterocycles. The molecule has 2 fully saturated rings. The van der Waals surface area contributed by atoms with Crippen LogP contribution in [0.15, 0.2) is 12.7 Å².